The molecule has 0 unspecified atom stereocenters. The van der Waals surface area contributed by atoms with Crippen molar-refractivity contribution in [2.75, 3.05) is 0 Å². The van der Waals surface area contributed by atoms with E-state index in [1.807, 2.05) is 0 Å². The zero-order valence-corrected chi connectivity index (χ0v) is 28.1. The second kappa shape index (κ2) is 24.7. The summed E-state index contributed by atoms with van der Waals surface area (Å²) in [5, 5.41) is 0. The molecular weight excluding hydrogens is 408 g/mol. The molecule has 0 aromatic carbocycles. The van der Waals surface area contributed by atoms with E-state index in [1.165, 1.54) is 44.9 Å². The Morgan fingerprint density at radius 2 is 0.824 bits per heavy atom. The zero-order chi connectivity index (χ0) is 28.1. The molecule has 2 aliphatic rings. The van der Waals surface area contributed by atoms with Crippen molar-refractivity contribution in [2.45, 2.75) is 170 Å². The summed E-state index contributed by atoms with van der Waals surface area (Å²) in [5.41, 5.74) is 0.750. The standard InChI is InChI=1S/2C7H14.C6H14.2C5H12.C4H10/c1-6(2)7(3)4-5-7;1-6(2)5-7-3-4-7;1-5(2)6(3)4;2*1-4-5(2)3;1-4(2)3/h6H,4-5H2,1-3H3;6-7H,3-5H2,1-2H3;5-6H,1-4H3;2*5H,4H2,1-3H3;4H,1-3H3. The highest BCUT2D eigenvalue weighted by atomic mass is 14.4. The minimum Gasteiger partial charge on any atom is -0.0651 e. The molecule has 0 aromatic rings. The Kier molecular flexibility index (Phi) is 29.9. The molecule has 0 nitrogen and oxygen atoms in total. The van der Waals surface area contributed by atoms with E-state index in [2.05, 4.69) is 125 Å². The van der Waals surface area contributed by atoms with Crippen molar-refractivity contribution in [3.8, 4) is 0 Å². The highest BCUT2D eigenvalue weighted by molar-refractivity contribution is 4.90. The van der Waals surface area contributed by atoms with Crippen LogP contribution in [0, 0.1) is 52.8 Å². The van der Waals surface area contributed by atoms with Crippen LogP contribution in [0.1, 0.15) is 170 Å². The molecule has 2 fully saturated rings. The number of hydrogen-bond donors (Lipinski definition) is 0. The number of rotatable bonds is 6. The predicted octanol–water partition coefficient (Wildman–Crippen LogP) is 13.0. The highest BCUT2D eigenvalue weighted by Crippen LogP contribution is 2.50. The fraction of sp³-hybridized carbons (Fsp3) is 1.00. The average molecular weight is 485 g/mol. The van der Waals surface area contributed by atoms with Gasteiger partial charge in [-0.2, -0.15) is 0 Å². The Hall–Kier alpha value is 0. The molecule has 2 saturated carbocycles. The molecule has 0 bridgehead atoms. The van der Waals surface area contributed by atoms with Gasteiger partial charge in [0.25, 0.3) is 0 Å². The molecule has 2 rings (SSSR count). The van der Waals surface area contributed by atoms with E-state index in [-0.39, 0.29) is 0 Å². The first kappa shape index (κ1) is 41.1. The maximum atomic E-state index is 2.37. The molecule has 2 aliphatic carbocycles. The SMILES string of the molecule is CC(C)C.CC(C)C(C)C.CC(C)C1(C)CC1.CC(C)CC1CC1.CCC(C)C.CCC(C)C. The second-order valence-corrected chi connectivity index (χ2v) is 14.2. The maximum Gasteiger partial charge on any atom is -0.0302 e. The van der Waals surface area contributed by atoms with Gasteiger partial charge in [0.15, 0.2) is 0 Å². The van der Waals surface area contributed by atoms with Crippen molar-refractivity contribution in [3.05, 3.63) is 0 Å². The van der Waals surface area contributed by atoms with Gasteiger partial charge in [0, 0.05) is 0 Å². The van der Waals surface area contributed by atoms with Gasteiger partial charge >= 0.3 is 0 Å². The van der Waals surface area contributed by atoms with Gasteiger partial charge < -0.3 is 0 Å². The fourth-order valence-corrected chi connectivity index (χ4v) is 1.79. The van der Waals surface area contributed by atoms with E-state index in [4.69, 9.17) is 0 Å². The molecular formula is C34H76. The van der Waals surface area contributed by atoms with Crippen LogP contribution in [0.3, 0.4) is 0 Å². The molecule has 0 amide bonds. The third-order valence-corrected chi connectivity index (χ3v) is 6.90. The predicted molar refractivity (Wildman–Crippen MR) is 165 cm³/mol. The van der Waals surface area contributed by atoms with Crippen LogP contribution < -0.4 is 0 Å². The largest absolute Gasteiger partial charge is 0.0651 e. The summed E-state index contributed by atoms with van der Waals surface area (Å²) in [6, 6.07) is 0. The van der Waals surface area contributed by atoms with Gasteiger partial charge in [-0.15, -0.1) is 0 Å². The third-order valence-electron chi connectivity index (χ3n) is 6.90. The smallest absolute Gasteiger partial charge is 0.0302 e. The van der Waals surface area contributed by atoms with Gasteiger partial charge in [-0.3, -0.25) is 0 Å². The summed E-state index contributed by atoms with van der Waals surface area (Å²) in [4.78, 5) is 0. The van der Waals surface area contributed by atoms with Crippen LogP contribution >= 0.6 is 0 Å². The third kappa shape index (κ3) is 45.5. The van der Waals surface area contributed by atoms with E-state index < -0.39 is 0 Å². The van der Waals surface area contributed by atoms with Crippen LogP contribution in [0.5, 0.6) is 0 Å². The van der Waals surface area contributed by atoms with Crippen LogP contribution in [-0.2, 0) is 0 Å². The van der Waals surface area contributed by atoms with Gasteiger partial charge in [0.1, 0.15) is 0 Å². The lowest BCUT2D eigenvalue weighted by Crippen LogP contribution is -2.01. The summed E-state index contributed by atoms with van der Waals surface area (Å²) in [6.07, 6.45) is 10.0. The summed E-state index contributed by atoms with van der Waals surface area (Å²) < 4.78 is 0. The molecule has 0 aliphatic heterocycles. The molecule has 34 heavy (non-hydrogen) atoms. The van der Waals surface area contributed by atoms with E-state index in [0.29, 0.717) is 0 Å². The summed E-state index contributed by atoms with van der Waals surface area (Å²) >= 11 is 0. The molecule has 0 spiro atoms. The molecule has 0 saturated heterocycles. The van der Waals surface area contributed by atoms with Crippen LogP contribution in [-0.4, -0.2) is 0 Å². The molecule has 0 atom stereocenters. The van der Waals surface area contributed by atoms with Crippen LogP contribution in [0.2, 0.25) is 0 Å². The van der Waals surface area contributed by atoms with E-state index in [0.717, 1.165) is 52.8 Å². The van der Waals surface area contributed by atoms with Crippen LogP contribution in [0.25, 0.3) is 0 Å². The Labute approximate surface area is 222 Å². The quantitative estimate of drug-likeness (QED) is 0.351. The summed E-state index contributed by atoms with van der Waals surface area (Å²) in [5.74, 6) is 7.28. The molecule has 0 aromatic heterocycles. The van der Waals surface area contributed by atoms with Crippen molar-refractivity contribution >= 4 is 0 Å². The lowest BCUT2D eigenvalue weighted by atomic mass is 9.95. The molecule has 0 radical (unpaired) electrons. The molecule has 0 N–H and O–H groups in total. The first-order valence-corrected chi connectivity index (χ1v) is 15.4. The van der Waals surface area contributed by atoms with Crippen LogP contribution in [0.4, 0.5) is 0 Å². The molecule has 212 valence electrons. The fourth-order valence-electron chi connectivity index (χ4n) is 1.79. The monoisotopic (exact) mass is 485 g/mol. The van der Waals surface area contributed by atoms with E-state index in [9.17, 15) is 0 Å². The van der Waals surface area contributed by atoms with Gasteiger partial charge in [0.2, 0.25) is 0 Å². The van der Waals surface area contributed by atoms with Crippen molar-refractivity contribution < 1.29 is 0 Å². The maximum absolute atomic E-state index is 2.37. The lowest BCUT2D eigenvalue weighted by molar-refractivity contribution is 0.397. The number of hydrogen-bond acceptors (Lipinski definition) is 0. The second-order valence-electron chi connectivity index (χ2n) is 14.2. The molecule has 0 heteroatoms. The lowest BCUT2D eigenvalue weighted by Gasteiger charge is -2.10. The normalized spacial score (nSPS) is 15.4. The zero-order valence-electron chi connectivity index (χ0n) is 28.1. The van der Waals surface area contributed by atoms with E-state index >= 15 is 0 Å². The average Bonchev–Trinajstić information content (AvgIpc) is 3.61. The topological polar surface area (TPSA) is 0 Å². The minimum atomic E-state index is 0.750. The van der Waals surface area contributed by atoms with Crippen molar-refractivity contribution in [1.29, 1.82) is 0 Å². The van der Waals surface area contributed by atoms with Crippen molar-refractivity contribution in [2.24, 2.45) is 52.8 Å². The van der Waals surface area contributed by atoms with Gasteiger partial charge in [-0.25, -0.2) is 0 Å². The first-order valence-electron chi connectivity index (χ1n) is 15.4. The van der Waals surface area contributed by atoms with E-state index in [1.54, 1.807) is 0 Å². The Morgan fingerprint density at radius 1 is 0.559 bits per heavy atom. The van der Waals surface area contributed by atoms with Gasteiger partial charge in [0.05, 0.1) is 0 Å². The Balaban J connectivity index is -0.000000161. The summed E-state index contributed by atoms with van der Waals surface area (Å²) in [6.45, 7) is 40.4. The highest BCUT2D eigenvalue weighted by Gasteiger charge is 2.39. The van der Waals surface area contributed by atoms with Crippen LogP contribution in [0.15, 0.2) is 0 Å². The summed E-state index contributed by atoms with van der Waals surface area (Å²) in [7, 11) is 0. The van der Waals surface area contributed by atoms with Crippen molar-refractivity contribution in [1.82, 2.24) is 0 Å². The Bertz CT molecular complexity index is 345. The van der Waals surface area contributed by atoms with Gasteiger partial charge in [-0.1, -0.05) is 150 Å². The Morgan fingerprint density at radius 3 is 0.853 bits per heavy atom. The first-order chi connectivity index (χ1) is 15.4. The molecule has 0 heterocycles. The van der Waals surface area contributed by atoms with Crippen molar-refractivity contribution in [3.63, 3.8) is 0 Å². The van der Waals surface area contributed by atoms with Gasteiger partial charge in [-0.05, 0) is 72.0 Å². The minimum absolute atomic E-state index is 0.750.